The number of carbonyl (C=O) groups is 1. The predicted molar refractivity (Wildman–Crippen MR) is 98.2 cm³/mol. The average molecular weight is 362 g/mol. The molecule has 0 unspecified atom stereocenters. The van der Waals surface area contributed by atoms with Crippen molar-refractivity contribution in [2.45, 2.75) is 38.5 Å². The number of piperidine rings is 1. The summed E-state index contributed by atoms with van der Waals surface area (Å²) >= 11 is 0. The highest BCUT2D eigenvalue weighted by molar-refractivity contribution is 7.93. The quantitative estimate of drug-likeness (QED) is 0.813. The molecular weight excluding hydrogens is 336 g/mol. The second kappa shape index (κ2) is 6.63. The fourth-order valence-electron chi connectivity index (χ4n) is 4.67. The van der Waals surface area contributed by atoms with Gasteiger partial charge in [-0.05, 0) is 55.4 Å². The van der Waals surface area contributed by atoms with E-state index in [4.69, 9.17) is 0 Å². The number of anilines is 1. The Kier molecular flexibility index (Phi) is 4.48. The fraction of sp³-hybridized carbons (Fsp3) is 0.632. The van der Waals surface area contributed by atoms with Crippen molar-refractivity contribution in [3.63, 3.8) is 0 Å². The summed E-state index contributed by atoms with van der Waals surface area (Å²) in [6.07, 6.45) is 7.00. The van der Waals surface area contributed by atoms with Crippen molar-refractivity contribution >= 4 is 21.6 Å². The van der Waals surface area contributed by atoms with Crippen LogP contribution in [0.1, 0.15) is 48.9 Å². The zero-order valence-electron chi connectivity index (χ0n) is 14.6. The van der Waals surface area contributed by atoms with E-state index in [0.29, 0.717) is 30.1 Å². The number of sulfonamides is 1. The SMILES string of the molecule is O=C(c1ccc(N2CCCS2(=O)=O)cc1)N1CC[C@H]2CCCC[C@H]2C1. The van der Waals surface area contributed by atoms with Gasteiger partial charge in [-0.2, -0.15) is 0 Å². The molecule has 3 aliphatic rings. The Bertz CT molecular complexity index is 744. The molecule has 2 saturated heterocycles. The molecule has 0 aromatic heterocycles. The van der Waals surface area contributed by atoms with Gasteiger partial charge in [0, 0.05) is 25.2 Å². The minimum absolute atomic E-state index is 0.0832. The maximum absolute atomic E-state index is 12.8. The number of fused-ring (bicyclic) bond motifs is 1. The summed E-state index contributed by atoms with van der Waals surface area (Å²) in [7, 11) is -3.17. The highest BCUT2D eigenvalue weighted by atomic mass is 32.2. The molecule has 136 valence electrons. The lowest BCUT2D eigenvalue weighted by atomic mass is 9.75. The van der Waals surface area contributed by atoms with Crippen LogP contribution in [0.5, 0.6) is 0 Å². The van der Waals surface area contributed by atoms with Crippen LogP contribution in [-0.4, -0.2) is 44.6 Å². The van der Waals surface area contributed by atoms with Gasteiger partial charge in [0.05, 0.1) is 11.4 Å². The van der Waals surface area contributed by atoms with Crippen LogP contribution in [0, 0.1) is 11.8 Å². The second-order valence-corrected chi connectivity index (χ2v) is 9.65. The summed E-state index contributed by atoms with van der Waals surface area (Å²) in [6.45, 7) is 2.26. The van der Waals surface area contributed by atoms with E-state index >= 15 is 0 Å². The van der Waals surface area contributed by atoms with Crippen LogP contribution in [0.3, 0.4) is 0 Å². The van der Waals surface area contributed by atoms with Gasteiger partial charge in [0.1, 0.15) is 0 Å². The van der Waals surface area contributed by atoms with E-state index in [-0.39, 0.29) is 11.7 Å². The lowest BCUT2D eigenvalue weighted by Gasteiger charge is -2.41. The van der Waals surface area contributed by atoms with Crippen molar-refractivity contribution < 1.29 is 13.2 Å². The first-order chi connectivity index (χ1) is 12.0. The van der Waals surface area contributed by atoms with Gasteiger partial charge < -0.3 is 4.90 Å². The third-order valence-corrected chi connectivity index (χ3v) is 7.95. The van der Waals surface area contributed by atoms with Crippen molar-refractivity contribution in [3.05, 3.63) is 29.8 Å². The molecule has 5 nitrogen and oxygen atoms in total. The van der Waals surface area contributed by atoms with Crippen molar-refractivity contribution in [2.75, 3.05) is 29.7 Å². The van der Waals surface area contributed by atoms with Crippen LogP contribution in [0.2, 0.25) is 0 Å². The molecule has 4 rings (SSSR count). The smallest absolute Gasteiger partial charge is 0.253 e. The average Bonchev–Trinajstić information content (AvgIpc) is 3.00. The lowest BCUT2D eigenvalue weighted by Crippen LogP contribution is -2.44. The third-order valence-electron chi connectivity index (χ3n) is 6.08. The van der Waals surface area contributed by atoms with Gasteiger partial charge >= 0.3 is 0 Å². The van der Waals surface area contributed by atoms with Gasteiger partial charge in [0.15, 0.2) is 0 Å². The molecule has 0 spiro atoms. The molecule has 2 atom stereocenters. The van der Waals surface area contributed by atoms with Gasteiger partial charge in [-0.3, -0.25) is 9.10 Å². The van der Waals surface area contributed by atoms with Gasteiger partial charge in [0.25, 0.3) is 5.91 Å². The molecule has 3 fully saturated rings. The van der Waals surface area contributed by atoms with Crippen LogP contribution in [-0.2, 0) is 10.0 Å². The van der Waals surface area contributed by atoms with E-state index in [2.05, 4.69) is 0 Å². The van der Waals surface area contributed by atoms with Crippen LogP contribution in [0.25, 0.3) is 0 Å². The first-order valence-corrected chi connectivity index (χ1v) is 11.1. The maximum atomic E-state index is 12.8. The highest BCUT2D eigenvalue weighted by Crippen LogP contribution is 2.36. The Balaban J connectivity index is 1.46. The molecule has 1 aromatic rings. The number of rotatable bonds is 2. The summed E-state index contributed by atoms with van der Waals surface area (Å²) in [5.74, 6) is 1.77. The monoisotopic (exact) mass is 362 g/mol. The number of nitrogens with zero attached hydrogens (tertiary/aromatic N) is 2. The van der Waals surface area contributed by atoms with E-state index in [0.717, 1.165) is 25.4 Å². The minimum atomic E-state index is -3.17. The van der Waals surface area contributed by atoms with Crippen LogP contribution in [0.15, 0.2) is 24.3 Å². The largest absolute Gasteiger partial charge is 0.338 e. The number of carbonyl (C=O) groups excluding carboxylic acids is 1. The molecule has 1 saturated carbocycles. The zero-order chi connectivity index (χ0) is 17.4. The topological polar surface area (TPSA) is 57.7 Å². The number of hydrogen-bond donors (Lipinski definition) is 0. The molecule has 2 heterocycles. The zero-order valence-corrected chi connectivity index (χ0v) is 15.4. The van der Waals surface area contributed by atoms with Crippen molar-refractivity contribution in [3.8, 4) is 0 Å². The summed E-state index contributed by atoms with van der Waals surface area (Å²) < 4.78 is 25.5. The van der Waals surface area contributed by atoms with Crippen molar-refractivity contribution in [2.24, 2.45) is 11.8 Å². The van der Waals surface area contributed by atoms with E-state index < -0.39 is 10.0 Å². The Morgan fingerprint density at radius 2 is 1.64 bits per heavy atom. The van der Waals surface area contributed by atoms with Gasteiger partial charge in [-0.25, -0.2) is 8.42 Å². The Morgan fingerprint density at radius 3 is 2.32 bits per heavy atom. The number of benzene rings is 1. The predicted octanol–water partition coefficient (Wildman–Crippen LogP) is 2.88. The number of likely N-dealkylation sites (tertiary alicyclic amines) is 1. The Hall–Kier alpha value is -1.56. The minimum Gasteiger partial charge on any atom is -0.338 e. The third kappa shape index (κ3) is 3.28. The van der Waals surface area contributed by atoms with Gasteiger partial charge in [-0.1, -0.05) is 19.3 Å². The first-order valence-electron chi connectivity index (χ1n) is 9.44. The maximum Gasteiger partial charge on any atom is 0.253 e. The van der Waals surface area contributed by atoms with Crippen LogP contribution < -0.4 is 4.31 Å². The van der Waals surface area contributed by atoms with E-state index in [1.807, 2.05) is 4.90 Å². The van der Waals surface area contributed by atoms with Crippen molar-refractivity contribution in [1.82, 2.24) is 4.90 Å². The molecule has 2 aliphatic heterocycles. The molecule has 6 heteroatoms. The Morgan fingerprint density at radius 1 is 0.920 bits per heavy atom. The molecular formula is C19H26N2O3S. The van der Waals surface area contributed by atoms with Crippen molar-refractivity contribution in [1.29, 1.82) is 0 Å². The van der Waals surface area contributed by atoms with E-state index in [9.17, 15) is 13.2 Å². The van der Waals surface area contributed by atoms with Gasteiger partial charge in [-0.15, -0.1) is 0 Å². The molecule has 1 amide bonds. The first kappa shape index (κ1) is 16.9. The molecule has 0 N–H and O–H groups in total. The van der Waals surface area contributed by atoms with E-state index in [1.54, 1.807) is 24.3 Å². The fourth-order valence-corrected chi connectivity index (χ4v) is 6.23. The second-order valence-electron chi connectivity index (χ2n) is 7.63. The molecule has 1 aliphatic carbocycles. The normalized spacial score (nSPS) is 28.6. The number of amides is 1. The standard InChI is InChI=1S/C19H26N2O3S/c22-19(20-12-10-15-4-1-2-5-17(15)14-20)16-6-8-18(9-7-16)21-11-3-13-25(21,23)24/h6-9,15,17H,1-5,10-14H2/t15-,17+/m1/s1. The summed E-state index contributed by atoms with van der Waals surface area (Å²) in [6, 6.07) is 7.09. The molecule has 0 bridgehead atoms. The molecule has 0 radical (unpaired) electrons. The van der Waals surface area contributed by atoms with E-state index in [1.165, 1.54) is 30.0 Å². The molecule has 25 heavy (non-hydrogen) atoms. The Labute approximate surface area is 150 Å². The molecule has 1 aromatic carbocycles. The number of hydrogen-bond acceptors (Lipinski definition) is 3. The van der Waals surface area contributed by atoms with Crippen LogP contribution in [0.4, 0.5) is 5.69 Å². The summed E-state index contributed by atoms with van der Waals surface area (Å²) in [5.41, 5.74) is 1.33. The van der Waals surface area contributed by atoms with Crippen LogP contribution >= 0.6 is 0 Å². The lowest BCUT2D eigenvalue weighted by molar-refractivity contribution is 0.0521. The highest BCUT2D eigenvalue weighted by Gasteiger charge is 2.33. The van der Waals surface area contributed by atoms with Gasteiger partial charge in [0.2, 0.25) is 10.0 Å². The summed E-state index contributed by atoms with van der Waals surface area (Å²) in [5, 5.41) is 0. The summed E-state index contributed by atoms with van der Waals surface area (Å²) in [4.78, 5) is 14.8.